The second-order valence-corrected chi connectivity index (χ2v) is 3.31. The standard InChI is InChI=1S/C12H13N3O/c1-16-11-6-4-10(5-7-11)9-13-12-3-2-8-14-15-12/h2-8H,9H2,1H3,(H,13,15). The van der Waals surface area contributed by atoms with Gasteiger partial charge in [0.05, 0.1) is 7.11 Å². The Kier molecular flexibility index (Phi) is 3.33. The summed E-state index contributed by atoms with van der Waals surface area (Å²) in [6, 6.07) is 11.6. The highest BCUT2D eigenvalue weighted by Crippen LogP contribution is 2.12. The lowest BCUT2D eigenvalue weighted by atomic mass is 10.2. The summed E-state index contributed by atoms with van der Waals surface area (Å²) in [5, 5.41) is 10.9. The first-order chi connectivity index (χ1) is 7.88. The summed E-state index contributed by atoms with van der Waals surface area (Å²) in [5.74, 6) is 1.64. The summed E-state index contributed by atoms with van der Waals surface area (Å²) in [7, 11) is 1.66. The zero-order chi connectivity index (χ0) is 11.2. The van der Waals surface area contributed by atoms with Crippen LogP contribution in [0.25, 0.3) is 0 Å². The Balaban J connectivity index is 1.94. The molecule has 1 N–H and O–H groups in total. The largest absolute Gasteiger partial charge is 0.497 e. The van der Waals surface area contributed by atoms with Gasteiger partial charge in [0.2, 0.25) is 0 Å². The average Bonchev–Trinajstić information content (AvgIpc) is 2.38. The summed E-state index contributed by atoms with van der Waals surface area (Å²) in [4.78, 5) is 0. The first-order valence-corrected chi connectivity index (χ1v) is 5.03. The fraction of sp³-hybridized carbons (Fsp3) is 0.167. The third kappa shape index (κ3) is 2.70. The van der Waals surface area contributed by atoms with Crippen LogP contribution in [-0.4, -0.2) is 17.3 Å². The summed E-state index contributed by atoms with van der Waals surface area (Å²) >= 11 is 0. The predicted octanol–water partition coefficient (Wildman–Crippen LogP) is 2.10. The van der Waals surface area contributed by atoms with Crippen LogP contribution in [0.15, 0.2) is 42.6 Å². The number of ether oxygens (including phenoxy) is 1. The van der Waals surface area contributed by atoms with Crippen molar-refractivity contribution in [2.75, 3.05) is 12.4 Å². The van der Waals surface area contributed by atoms with Crippen LogP contribution in [0.5, 0.6) is 5.75 Å². The molecule has 0 fully saturated rings. The Morgan fingerprint density at radius 1 is 1.19 bits per heavy atom. The van der Waals surface area contributed by atoms with E-state index in [4.69, 9.17) is 4.74 Å². The number of hydrogen-bond donors (Lipinski definition) is 1. The van der Waals surface area contributed by atoms with Crippen LogP contribution >= 0.6 is 0 Å². The molecule has 1 aromatic heterocycles. The molecule has 0 aliphatic rings. The van der Waals surface area contributed by atoms with E-state index in [2.05, 4.69) is 15.5 Å². The molecule has 4 nitrogen and oxygen atoms in total. The second kappa shape index (κ2) is 5.11. The van der Waals surface area contributed by atoms with Gasteiger partial charge in [-0.05, 0) is 29.8 Å². The molecule has 4 heteroatoms. The second-order valence-electron chi connectivity index (χ2n) is 3.31. The van der Waals surface area contributed by atoms with E-state index in [1.54, 1.807) is 13.3 Å². The Hall–Kier alpha value is -2.10. The van der Waals surface area contributed by atoms with Gasteiger partial charge in [0.25, 0.3) is 0 Å². The number of aromatic nitrogens is 2. The minimum Gasteiger partial charge on any atom is -0.497 e. The summed E-state index contributed by atoms with van der Waals surface area (Å²) in [6.45, 7) is 0.725. The van der Waals surface area contributed by atoms with E-state index in [0.29, 0.717) is 0 Å². The van der Waals surface area contributed by atoms with E-state index >= 15 is 0 Å². The molecule has 82 valence electrons. The van der Waals surface area contributed by atoms with Crippen molar-refractivity contribution in [3.8, 4) is 5.75 Å². The van der Waals surface area contributed by atoms with Crippen molar-refractivity contribution in [2.24, 2.45) is 0 Å². The summed E-state index contributed by atoms with van der Waals surface area (Å²) in [5.41, 5.74) is 1.17. The van der Waals surface area contributed by atoms with Crippen molar-refractivity contribution in [1.29, 1.82) is 0 Å². The smallest absolute Gasteiger partial charge is 0.148 e. The third-order valence-corrected chi connectivity index (χ3v) is 2.20. The first kappa shape index (κ1) is 10.4. The molecule has 0 saturated heterocycles. The number of methoxy groups -OCH3 is 1. The van der Waals surface area contributed by atoms with Crippen LogP contribution in [0.3, 0.4) is 0 Å². The minimum absolute atomic E-state index is 0.725. The molecule has 0 unspecified atom stereocenters. The lowest BCUT2D eigenvalue weighted by molar-refractivity contribution is 0.414. The van der Waals surface area contributed by atoms with Crippen LogP contribution in [0.1, 0.15) is 5.56 Å². The molecule has 2 rings (SSSR count). The van der Waals surface area contributed by atoms with Gasteiger partial charge in [-0.1, -0.05) is 12.1 Å². The van der Waals surface area contributed by atoms with Crippen LogP contribution in [0.4, 0.5) is 5.82 Å². The number of benzene rings is 1. The molecule has 0 aliphatic heterocycles. The molecule has 0 saturated carbocycles. The highest BCUT2D eigenvalue weighted by Gasteiger charge is 1.95. The third-order valence-electron chi connectivity index (χ3n) is 2.20. The fourth-order valence-electron chi connectivity index (χ4n) is 1.33. The van der Waals surface area contributed by atoms with Crippen LogP contribution in [-0.2, 0) is 6.54 Å². The Labute approximate surface area is 94.3 Å². The van der Waals surface area contributed by atoms with E-state index in [1.165, 1.54) is 5.56 Å². The van der Waals surface area contributed by atoms with Crippen LogP contribution < -0.4 is 10.1 Å². The van der Waals surface area contributed by atoms with Crippen molar-refractivity contribution in [3.63, 3.8) is 0 Å². The zero-order valence-corrected chi connectivity index (χ0v) is 9.05. The van der Waals surface area contributed by atoms with Gasteiger partial charge in [0.15, 0.2) is 0 Å². The summed E-state index contributed by atoms with van der Waals surface area (Å²) in [6.07, 6.45) is 1.65. The first-order valence-electron chi connectivity index (χ1n) is 5.03. The molecule has 0 radical (unpaired) electrons. The Morgan fingerprint density at radius 2 is 2.00 bits per heavy atom. The molecule has 0 bridgehead atoms. The molecule has 0 spiro atoms. The molecule has 0 aliphatic carbocycles. The van der Waals surface area contributed by atoms with Gasteiger partial charge in [-0.3, -0.25) is 0 Å². The molecule has 1 aromatic carbocycles. The lowest BCUT2D eigenvalue weighted by Crippen LogP contribution is -2.01. The normalized spacial score (nSPS) is 9.81. The molecule has 0 atom stereocenters. The quantitative estimate of drug-likeness (QED) is 0.848. The van der Waals surface area contributed by atoms with Gasteiger partial charge >= 0.3 is 0 Å². The predicted molar refractivity (Wildman–Crippen MR) is 62.4 cm³/mol. The van der Waals surface area contributed by atoms with Gasteiger partial charge < -0.3 is 10.1 Å². The van der Waals surface area contributed by atoms with Crippen molar-refractivity contribution < 1.29 is 4.74 Å². The van der Waals surface area contributed by atoms with Crippen LogP contribution in [0.2, 0.25) is 0 Å². The van der Waals surface area contributed by atoms with E-state index < -0.39 is 0 Å². The number of anilines is 1. The number of nitrogens with zero attached hydrogens (tertiary/aromatic N) is 2. The van der Waals surface area contributed by atoms with E-state index in [0.717, 1.165) is 18.1 Å². The maximum Gasteiger partial charge on any atom is 0.148 e. The maximum atomic E-state index is 5.09. The molecule has 2 aromatic rings. The fourth-order valence-corrected chi connectivity index (χ4v) is 1.33. The number of hydrogen-bond acceptors (Lipinski definition) is 4. The van der Waals surface area contributed by atoms with Crippen molar-refractivity contribution in [1.82, 2.24) is 10.2 Å². The van der Waals surface area contributed by atoms with Crippen molar-refractivity contribution >= 4 is 5.82 Å². The molecular weight excluding hydrogens is 202 g/mol. The van der Waals surface area contributed by atoms with Gasteiger partial charge in [-0.25, -0.2) is 0 Å². The molecule has 1 heterocycles. The molecular formula is C12H13N3O. The zero-order valence-electron chi connectivity index (χ0n) is 9.05. The molecule has 0 amide bonds. The number of nitrogens with one attached hydrogen (secondary N) is 1. The topological polar surface area (TPSA) is 47.0 Å². The highest BCUT2D eigenvalue weighted by molar-refractivity contribution is 5.34. The van der Waals surface area contributed by atoms with Crippen molar-refractivity contribution in [3.05, 3.63) is 48.2 Å². The highest BCUT2D eigenvalue weighted by atomic mass is 16.5. The average molecular weight is 215 g/mol. The SMILES string of the molecule is COc1ccc(CNc2cccnn2)cc1. The minimum atomic E-state index is 0.725. The van der Waals surface area contributed by atoms with Gasteiger partial charge in [0, 0.05) is 12.7 Å². The van der Waals surface area contributed by atoms with Gasteiger partial charge in [-0.15, -0.1) is 5.10 Å². The van der Waals surface area contributed by atoms with Gasteiger partial charge in [-0.2, -0.15) is 5.10 Å². The Morgan fingerprint density at radius 3 is 2.62 bits per heavy atom. The lowest BCUT2D eigenvalue weighted by Gasteiger charge is -2.05. The monoisotopic (exact) mass is 215 g/mol. The summed E-state index contributed by atoms with van der Waals surface area (Å²) < 4.78 is 5.09. The van der Waals surface area contributed by atoms with Crippen LogP contribution in [0, 0.1) is 0 Å². The van der Waals surface area contributed by atoms with Crippen molar-refractivity contribution in [2.45, 2.75) is 6.54 Å². The van der Waals surface area contributed by atoms with E-state index in [9.17, 15) is 0 Å². The Bertz CT molecular complexity index is 428. The van der Waals surface area contributed by atoms with E-state index in [-0.39, 0.29) is 0 Å². The van der Waals surface area contributed by atoms with Gasteiger partial charge in [0.1, 0.15) is 11.6 Å². The molecule has 16 heavy (non-hydrogen) atoms. The van der Waals surface area contributed by atoms with E-state index in [1.807, 2.05) is 36.4 Å². The number of rotatable bonds is 4. The maximum absolute atomic E-state index is 5.09.